The molecule has 0 amide bonds. The smallest absolute Gasteiger partial charge is 0.295 e. The lowest BCUT2D eigenvalue weighted by Crippen LogP contribution is -2.48. The van der Waals surface area contributed by atoms with Gasteiger partial charge in [0, 0.05) is 26.2 Å². The topological polar surface area (TPSA) is 83.8 Å². The van der Waals surface area contributed by atoms with E-state index in [1.807, 2.05) is 12.1 Å². The fraction of sp³-hybridized carbons (Fsp3) is 0.368. The van der Waals surface area contributed by atoms with E-state index in [4.69, 9.17) is 0 Å². The van der Waals surface area contributed by atoms with Gasteiger partial charge in [0.2, 0.25) is 10.0 Å². The van der Waals surface area contributed by atoms with E-state index in [0.29, 0.717) is 18.8 Å². The zero-order valence-corrected chi connectivity index (χ0v) is 16.4. The highest BCUT2D eigenvalue weighted by Crippen LogP contribution is 2.30. The highest BCUT2D eigenvalue weighted by atomic mass is 32.2. The molecule has 1 aliphatic heterocycles. The third-order valence-electron chi connectivity index (χ3n) is 4.81. The Labute approximate surface area is 163 Å². The van der Waals surface area contributed by atoms with Crippen molar-refractivity contribution >= 4 is 21.4 Å². The average Bonchev–Trinajstić information content (AvgIpc) is 2.69. The van der Waals surface area contributed by atoms with Crippen LogP contribution in [0, 0.1) is 15.9 Å². The van der Waals surface area contributed by atoms with Gasteiger partial charge < -0.3 is 4.90 Å². The van der Waals surface area contributed by atoms with E-state index >= 15 is 0 Å². The molecule has 0 N–H and O–H groups in total. The summed E-state index contributed by atoms with van der Waals surface area (Å²) in [6.45, 7) is 3.05. The normalized spacial score (nSPS) is 15.6. The van der Waals surface area contributed by atoms with Crippen molar-refractivity contribution in [3.8, 4) is 0 Å². The molecule has 1 saturated heterocycles. The third kappa shape index (κ3) is 4.15. The Bertz CT molecular complexity index is 956. The number of nitrogens with zero attached hydrogens (tertiary/aromatic N) is 3. The largest absolute Gasteiger partial charge is 0.363 e. The van der Waals surface area contributed by atoms with Crippen LogP contribution < -0.4 is 4.90 Å². The molecule has 2 aromatic rings. The van der Waals surface area contributed by atoms with Crippen LogP contribution in [0.25, 0.3) is 0 Å². The maximum absolute atomic E-state index is 13.3. The Kier molecular flexibility index (Phi) is 5.95. The molecule has 9 heteroatoms. The van der Waals surface area contributed by atoms with Gasteiger partial charge in [-0.1, -0.05) is 25.5 Å². The minimum Gasteiger partial charge on any atom is -0.363 e. The average molecular weight is 407 g/mol. The second kappa shape index (κ2) is 8.24. The van der Waals surface area contributed by atoms with Crippen molar-refractivity contribution < 1.29 is 17.7 Å². The molecule has 0 spiro atoms. The number of sulfonamides is 1. The Morgan fingerprint density at radius 1 is 1.07 bits per heavy atom. The number of hydrogen-bond donors (Lipinski definition) is 0. The molecule has 0 saturated carbocycles. The van der Waals surface area contributed by atoms with E-state index in [2.05, 4.69) is 6.92 Å². The molecule has 0 bridgehead atoms. The molecule has 7 nitrogen and oxygen atoms in total. The zero-order valence-electron chi connectivity index (χ0n) is 15.5. The van der Waals surface area contributed by atoms with Crippen molar-refractivity contribution in [2.24, 2.45) is 0 Å². The molecule has 0 radical (unpaired) electrons. The molecule has 2 aromatic carbocycles. The number of nitro groups is 1. The highest BCUT2D eigenvalue weighted by Gasteiger charge is 2.30. The van der Waals surface area contributed by atoms with Gasteiger partial charge in [0.25, 0.3) is 5.69 Å². The van der Waals surface area contributed by atoms with Crippen LogP contribution in [0.15, 0.2) is 47.4 Å². The van der Waals surface area contributed by atoms with Crippen LogP contribution in [0.2, 0.25) is 0 Å². The first kappa shape index (κ1) is 20.2. The van der Waals surface area contributed by atoms with Gasteiger partial charge in [-0.05, 0) is 36.2 Å². The fourth-order valence-electron chi connectivity index (χ4n) is 3.35. The van der Waals surface area contributed by atoms with Gasteiger partial charge in [-0.15, -0.1) is 0 Å². The number of aryl methyl sites for hydroxylation is 1. The number of benzene rings is 2. The van der Waals surface area contributed by atoms with Crippen molar-refractivity contribution in [1.82, 2.24) is 4.31 Å². The minimum atomic E-state index is -3.62. The molecule has 1 aliphatic rings. The first-order valence-electron chi connectivity index (χ1n) is 9.11. The van der Waals surface area contributed by atoms with Gasteiger partial charge in [-0.25, -0.2) is 12.8 Å². The standard InChI is InChI=1S/C19H22FN3O4S/c1-2-3-15-4-7-17(8-5-15)28(26,27)22-12-10-21(11-13-22)18-9-6-16(20)14-19(18)23(24)25/h4-9,14H,2-3,10-13H2,1H3. The number of piperazine rings is 1. The van der Waals surface area contributed by atoms with E-state index in [0.717, 1.165) is 24.5 Å². The molecule has 0 aliphatic carbocycles. The predicted molar refractivity (Wildman–Crippen MR) is 104 cm³/mol. The summed E-state index contributed by atoms with van der Waals surface area (Å²) in [6, 6.07) is 10.3. The van der Waals surface area contributed by atoms with Crippen molar-refractivity contribution in [3.63, 3.8) is 0 Å². The number of rotatable bonds is 6. The van der Waals surface area contributed by atoms with Crippen LogP contribution in [0.3, 0.4) is 0 Å². The summed E-state index contributed by atoms with van der Waals surface area (Å²) >= 11 is 0. The van der Waals surface area contributed by atoms with E-state index in [1.54, 1.807) is 17.0 Å². The molecule has 0 aromatic heterocycles. The minimum absolute atomic E-state index is 0.202. The van der Waals surface area contributed by atoms with Crippen molar-refractivity contribution in [1.29, 1.82) is 0 Å². The van der Waals surface area contributed by atoms with Gasteiger partial charge in [-0.3, -0.25) is 10.1 Å². The Morgan fingerprint density at radius 2 is 1.71 bits per heavy atom. The summed E-state index contributed by atoms with van der Waals surface area (Å²) in [5.41, 5.74) is 1.07. The summed E-state index contributed by atoms with van der Waals surface area (Å²) in [6.07, 6.45) is 1.89. The van der Waals surface area contributed by atoms with Crippen LogP contribution in [0.5, 0.6) is 0 Å². The molecule has 28 heavy (non-hydrogen) atoms. The fourth-order valence-corrected chi connectivity index (χ4v) is 4.77. The maximum atomic E-state index is 13.3. The van der Waals surface area contributed by atoms with E-state index < -0.39 is 20.8 Å². The summed E-state index contributed by atoms with van der Waals surface area (Å²) in [4.78, 5) is 12.5. The summed E-state index contributed by atoms with van der Waals surface area (Å²) < 4.78 is 40.5. The van der Waals surface area contributed by atoms with E-state index in [1.165, 1.54) is 16.4 Å². The van der Waals surface area contributed by atoms with Crippen LogP contribution in [0.4, 0.5) is 15.8 Å². The molecule has 150 valence electrons. The molecular formula is C19H22FN3O4S. The second-order valence-electron chi connectivity index (χ2n) is 6.68. The van der Waals surface area contributed by atoms with Gasteiger partial charge in [-0.2, -0.15) is 4.31 Å². The van der Waals surface area contributed by atoms with Crippen molar-refractivity contribution in [2.45, 2.75) is 24.7 Å². The molecular weight excluding hydrogens is 385 g/mol. The Morgan fingerprint density at radius 3 is 2.29 bits per heavy atom. The summed E-state index contributed by atoms with van der Waals surface area (Å²) in [5, 5.41) is 11.2. The van der Waals surface area contributed by atoms with Gasteiger partial charge in [0.15, 0.2) is 0 Å². The summed E-state index contributed by atoms with van der Waals surface area (Å²) in [7, 11) is -3.62. The van der Waals surface area contributed by atoms with Crippen molar-refractivity contribution in [2.75, 3.05) is 31.1 Å². The van der Waals surface area contributed by atoms with E-state index in [-0.39, 0.29) is 23.7 Å². The molecule has 1 heterocycles. The Balaban J connectivity index is 1.74. The maximum Gasteiger partial charge on any atom is 0.295 e. The number of nitro benzene ring substituents is 1. The molecule has 1 fully saturated rings. The first-order valence-corrected chi connectivity index (χ1v) is 10.5. The second-order valence-corrected chi connectivity index (χ2v) is 8.61. The molecule has 0 unspecified atom stereocenters. The number of halogens is 1. The highest BCUT2D eigenvalue weighted by molar-refractivity contribution is 7.89. The quantitative estimate of drug-likeness (QED) is 0.542. The lowest BCUT2D eigenvalue weighted by molar-refractivity contribution is -0.384. The Hall–Kier alpha value is -2.52. The van der Waals surface area contributed by atoms with Gasteiger partial charge in [0.1, 0.15) is 11.5 Å². The van der Waals surface area contributed by atoms with Crippen LogP contribution in [0.1, 0.15) is 18.9 Å². The number of anilines is 1. The lowest BCUT2D eigenvalue weighted by atomic mass is 10.1. The lowest BCUT2D eigenvalue weighted by Gasteiger charge is -2.35. The van der Waals surface area contributed by atoms with Crippen LogP contribution >= 0.6 is 0 Å². The number of hydrogen-bond acceptors (Lipinski definition) is 5. The summed E-state index contributed by atoms with van der Waals surface area (Å²) in [5.74, 6) is -0.678. The zero-order chi connectivity index (χ0) is 20.3. The van der Waals surface area contributed by atoms with Crippen molar-refractivity contribution in [3.05, 3.63) is 64.0 Å². The van der Waals surface area contributed by atoms with Gasteiger partial charge >= 0.3 is 0 Å². The third-order valence-corrected chi connectivity index (χ3v) is 6.73. The monoisotopic (exact) mass is 407 g/mol. The first-order chi connectivity index (χ1) is 13.3. The molecule has 0 atom stereocenters. The van der Waals surface area contributed by atoms with Gasteiger partial charge in [0.05, 0.1) is 15.9 Å². The van der Waals surface area contributed by atoms with Crippen LogP contribution in [-0.2, 0) is 16.4 Å². The SMILES string of the molecule is CCCc1ccc(S(=O)(=O)N2CCN(c3ccc(F)cc3[N+](=O)[O-])CC2)cc1. The van der Waals surface area contributed by atoms with E-state index in [9.17, 15) is 22.9 Å². The molecule has 3 rings (SSSR count). The van der Waals surface area contributed by atoms with Crippen LogP contribution in [-0.4, -0.2) is 43.8 Å². The predicted octanol–water partition coefficient (Wildman–Crippen LogP) is 3.20.